The number of nitrogens with zero attached hydrogens (tertiary/aromatic N) is 3. The van der Waals surface area contributed by atoms with Crippen LogP contribution < -0.4 is 16.6 Å². The van der Waals surface area contributed by atoms with E-state index >= 15 is 0 Å². The summed E-state index contributed by atoms with van der Waals surface area (Å²) in [7, 11) is 3.39. The molecule has 4 N–H and O–H groups in total. The van der Waals surface area contributed by atoms with Gasteiger partial charge in [0.2, 0.25) is 5.91 Å². The van der Waals surface area contributed by atoms with Gasteiger partial charge in [-0.2, -0.15) is 0 Å². The number of carbonyl (C=O) groups excluding carboxylic acids is 2. The number of carbonyl (C=O) groups is 2. The fourth-order valence-electron chi connectivity index (χ4n) is 2.22. The van der Waals surface area contributed by atoms with Crippen molar-refractivity contribution in [3.8, 4) is 0 Å². The zero-order valence-corrected chi connectivity index (χ0v) is 15.8. The Hall–Kier alpha value is -2.78. The lowest BCUT2D eigenvalue weighted by atomic mass is 10.1. The zero-order chi connectivity index (χ0) is 19.1. The Morgan fingerprint density at radius 2 is 1.96 bits per heavy atom. The maximum absolute atomic E-state index is 12.4. The molecule has 9 heteroatoms. The SMILES string of the molecule is CC(=O)Nc1nc(CCc2ccc(N=CNN)cc2)c(C(=O)N(C)C)s1. The lowest BCUT2D eigenvalue weighted by Crippen LogP contribution is -2.22. The van der Waals surface area contributed by atoms with Gasteiger partial charge in [-0.15, -0.1) is 0 Å². The molecule has 0 unspecified atom stereocenters. The van der Waals surface area contributed by atoms with Gasteiger partial charge in [-0.1, -0.05) is 23.5 Å². The number of nitrogens with two attached hydrogens (primary N) is 1. The second-order valence-electron chi connectivity index (χ2n) is 5.77. The standard InChI is InChI=1S/C17H22N6O2S/c1-11(24)21-17-22-14(15(26-17)16(25)23(2)3)9-6-12-4-7-13(8-5-12)19-10-20-18/h4-5,7-8,10H,6,9,18H2,1-3H3,(H,19,20)(H,21,22,24). The summed E-state index contributed by atoms with van der Waals surface area (Å²) in [5.74, 6) is 4.82. The molecule has 0 bridgehead atoms. The Morgan fingerprint density at radius 1 is 1.27 bits per heavy atom. The lowest BCUT2D eigenvalue weighted by Gasteiger charge is -2.09. The van der Waals surface area contributed by atoms with Crippen molar-refractivity contribution < 1.29 is 9.59 Å². The third-order valence-corrected chi connectivity index (χ3v) is 4.46. The molecule has 2 rings (SSSR count). The largest absolute Gasteiger partial charge is 0.344 e. The molecule has 1 aromatic heterocycles. The van der Waals surface area contributed by atoms with Crippen molar-refractivity contribution in [3.05, 3.63) is 40.4 Å². The highest BCUT2D eigenvalue weighted by Crippen LogP contribution is 2.25. The molecular formula is C17H22N6O2S. The van der Waals surface area contributed by atoms with E-state index in [-0.39, 0.29) is 11.8 Å². The molecule has 8 nitrogen and oxygen atoms in total. The molecule has 0 aliphatic rings. The number of hydrogen-bond acceptors (Lipinski definition) is 6. The minimum atomic E-state index is -0.211. The first-order chi connectivity index (χ1) is 12.4. The Balaban J connectivity index is 2.14. The van der Waals surface area contributed by atoms with Crippen molar-refractivity contribution in [1.82, 2.24) is 15.3 Å². The number of thiazole rings is 1. The molecule has 1 heterocycles. The number of hydrogen-bond donors (Lipinski definition) is 3. The van der Waals surface area contributed by atoms with Crippen LogP contribution in [0.2, 0.25) is 0 Å². The van der Waals surface area contributed by atoms with Gasteiger partial charge in [0.15, 0.2) is 5.13 Å². The van der Waals surface area contributed by atoms with Gasteiger partial charge in [0.25, 0.3) is 5.91 Å². The lowest BCUT2D eigenvalue weighted by molar-refractivity contribution is -0.114. The van der Waals surface area contributed by atoms with Crippen molar-refractivity contribution in [2.45, 2.75) is 19.8 Å². The van der Waals surface area contributed by atoms with Crippen LogP contribution in [-0.2, 0) is 17.6 Å². The quantitative estimate of drug-likeness (QED) is 0.296. The van der Waals surface area contributed by atoms with Crippen LogP contribution in [0.3, 0.4) is 0 Å². The van der Waals surface area contributed by atoms with E-state index in [9.17, 15) is 9.59 Å². The molecule has 1 aromatic carbocycles. The van der Waals surface area contributed by atoms with E-state index < -0.39 is 0 Å². The highest BCUT2D eigenvalue weighted by atomic mass is 32.1. The molecule has 26 heavy (non-hydrogen) atoms. The van der Waals surface area contributed by atoms with Gasteiger partial charge in [-0.25, -0.2) is 15.8 Å². The third kappa shape index (κ3) is 5.36. The number of aliphatic imine (C=N–C) groups is 1. The molecule has 0 saturated heterocycles. The second kappa shape index (κ2) is 9.07. The van der Waals surface area contributed by atoms with Crippen LogP contribution in [0, 0.1) is 0 Å². The first-order valence-corrected chi connectivity index (χ1v) is 8.79. The van der Waals surface area contributed by atoms with E-state index in [1.54, 1.807) is 14.1 Å². The van der Waals surface area contributed by atoms with Crippen molar-refractivity contribution in [2.75, 3.05) is 19.4 Å². The normalized spacial score (nSPS) is 10.8. The summed E-state index contributed by atoms with van der Waals surface area (Å²) in [4.78, 5) is 34.2. The van der Waals surface area contributed by atoms with Crippen molar-refractivity contribution in [1.29, 1.82) is 0 Å². The number of amides is 2. The number of rotatable bonds is 7. The summed E-state index contributed by atoms with van der Waals surface area (Å²) in [6, 6.07) is 7.72. The third-order valence-electron chi connectivity index (χ3n) is 3.46. The van der Waals surface area contributed by atoms with Crippen LogP contribution in [0.5, 0.6) is 0 Å². The van der Waals surface area contributed by atoms with E-state index in [0.29, 0.717) is 22.1 Å². The van der Waals surface area contributed by atoms with Crippen molar-refractivity contribution in [3.63, 3.8) is 0 Å². The Kier molecular flexibility index (Phi) is 6.81. The van der Waals surface area contributed by atoms with Crippen LogP contribution >= 0.6 is 11.3 Å². The summed E-state index contributed by atoms with van der Waals surface area (Å²) >= 11 is 1.20. The number of aromatic nitrogens is 1. The molecule has 0 aliphatic heterocycles. The molecular weight excluding hydrogens is 352 g/mol. The van der Waals surface area contributed by atoms with Gasteiger partial charge in [0, 0.05) is 21.0 Å². The van der Waals surface area contributed by atoms with Crippen molar-refractivity contribution in [2.24, 2.45) is 10.8 Å². The predicted molar refractivity (Wildman–Crippen MR) is 104 cm³/mol. The molecule has 2 aromatic rings. The number of nitrogens with one attached hydrogen (secondary N) is 2. The summed E-state index contributed by atoms with van der Waals surface area (Å²) in [5.41, 5.74) is 4.93. The van der Waals surface area contributed by atoms with Gasteiger partial charge < -0.3 is 15.6 Å². The predicted octanol–water partition coefficient (Wildman–Crippen LogP) is 1.71. The van der Waals surface area contributed by atoms with E-state index in [4.69, 9.17) is 5.84 Å². The van der Waals surface area contributed by atoms with Crippen molar-refractivity contribution >= 4 is 40.3 Å². The highest BCUT2D eigenvalue weighted by molar-refractivity contribution is 7.17. The fourth-order valence-corrected chi connectivity index (χ4v) is 3.30. The minimum absolute atomic E-state index is 0.118. The minimum Gasteiger partial charge on any atom is -0.344 e. The monoisotopic (exact) mass is 374 g/mol. The van der Waals surface area contributed by atoms with Crippen LogP contribution in [0.4, 0.5) is 10.8 Å². The van der Waals surface area contributed by atoms with Gasteiger partial charge in [-0.3, -0.25) is 9.59 Å². The smallest absolute Gasteiger partial charge is 0.265 e. The summed E-state index contributed by atoms with van der Waals surface area (Å²) in [5, 5.41) is 3.09. The summed E-state index contributed by atoms with van der Waals surface area (Å²) in [6.45, 7) is 1.42. The van der Waals surface area contributed by atoms with Crippen LogP contribution in [0.15, 0.2) is 29.3 Å². The molecule has 0 aliphatic carbocycles. The summed E-state index contributed by atoms with van der Waals surface area (Å²) < 4.78 is 0. The molecule has 0 saturated carbocycles. The van der Waals surface area contributed by atoms with E-state index in [1.807, 2.05) is 24.3 Å². The van der Waals surface area contributed by atoms with E-state index in [1.165, 1.54) is 29.5 Å². The molecule has 0 spiro atoms. The molecule has 0 fully saturated rings. The maximum Gasteiger partial charge on any atom is 0.265 e. The van der Waals surface area contributed by atoms with Gasteiger partial charge in [0.05, 0.1) is 11.4 Å². The summed E-state index contributed by atoms with van der Waals surface area (Å²) in [6.07, 6.45) is 2.72. The van der Waals surface area contributed by atoms with Crippen LogP contribution in [-0.4, -0.2) is 42.1 Å². The average molecular weight is 374 g/mol. The van der Waals surface area contributed by atoms with Crippen LogP contribution in [0.25, 0.3) is 0 Å². The number of anilines is 1. The Bertz CT molecular complexity index is 798. The molecule has 0 atom stereocenters. The Labute approximate surface area is 156 Å². The highest BCUT2D eigenvalue weighted by Gasteiger charge is 2.20. The molecule has 0 radical (unpaired) electrons. The number of aryl methyl sites for hydroxylation is 2. The first-order valence-electron chi connectivity index (χ1n) is 7.97. The second-order valence-corrected chi connectivity index (χ2v) is 6.77. The van der Waals surface area contributed by atoms with E-state index in [2.05, 4.69) is 20.7 Å². The van der Waals surface area contributed by atoms with Gasteiger partial charge in [0.1, 0.15) is 11.2 Å². The molecule has 138 valence electrons. The fraction of sp³-hybridized carbons (Fsp3) is 0.294. The number of hydrazine groups is 1. The maximum atomic E-state index is 12.4. The first kappa shape index (κ1) is 19.5. The topological polar surface area (TPSA) is 113 Å². The molecule has 2 amide bonds. The zero-order valence-electron chi connectivity index (χ0n) is 14.9. The van der Waals surface area contributed by atoms with Gasteiger partial charge >= 0.3 is 0 Å². The number of benzene rings is 1. The average Bonchev–Trinajstić information content (AvgIpc) is 3.00. The van der Waals surface area contributed by atoms with Crippen LogP contribution in [0.1, 0.15) is 27.9 Å². The van der Waals surface area contributed by atoms with E-state index in [0.717, 1.165) is 17.7 Å². The van der Waals surface area contributed by atoms with Gasteiger partial charge in [-0.05, 0) is 30.5 Å². The Morgan fingerprint density at radius 3 is 2.54 bits per heavy atom.